The molecular weight excluding hydrogens is 215 g/mol. The molecule has 7 heteroatoms. The van der Waals surface area contributed by atoms with Crippen LogP contribution in [0.25, 0.3) is 0 Å². The van der Waals surface area contributed by atoms with Gasteiger partial charge in [0.05, 0.1) is 18.9 Å². The summed E-state index contributed by atoms with van der Waals surface area (Å²) in [5.74, 6) is -3.70. The Kier molecular flexibility index (Phi) is 3.13. The molecule has 0 saturated heterocycles. The summed E-state index contributed by atoms with van der Waals surface area (Å²) in [6.45, 7) is 0. The average Bonchev–Trinajstić information content (AvgIpc) is 2.16. The number of aromatic nitrogens is 1. The number of alkyl halides is 2. The molecule has 1 N–H and O–H groups in total. The predicted molar refractivity (Wildman–Crippen MR) is 42.7 cm³/mol. The summed E-state index contributed by atoms with van der Waals surface area (Å²) in [5, 5.41) is 8.56. The Hall–Kier alpha value is -1.79. The molecule has 0 aliphatic heterocycles. The van der Waals surface area contributed by atoms with Gasteiger partial charge in [-0.05, 0) is 0 Å². The minimum absolute atomic E-state index is 0.522. The fraction of sp³-hybridized carbons (Fsp3) is 0.250. The SMILES string of the molecule is COc1ncc(F)c(C(=O)O)c1C(F)F. The lowest BCUT2D eigenvalue weighted by Crippen LogP contribution is -2.09. The van der Waals surface area contributed by atoms with Crippen molar-refractivity contribution in [2.24, 2.45) is 0 Å². The molecule has 0 aromatic carbocycles. The van der Waals surface area contributed by atoms with Crippen molar-refractivity contribution >= 4 is 5.97 Å². The van der Waals surface area contributed by atoms with Gasteiger partial charge < -0.3 is 9.84 Å². The van der Waals surface area contributed by atoms with Crippen LogP contribution in [0, 0.1) is 5.82 Å². The Balaban J connectivity index is 3.51. The van der Waals surface area contributed by atoms with Crippen LogP contribution >= 0.6 is 0 Å². The summed E-state index contributed by atoms with van der Waals surface area (Å²) >= 11 is 0. The Morgan fingerprint density at radius 2 is 2.20 bits per heavy atom. The first-order chi connectivity index (χ1) is 6.99. The van der Waals surface area contributed by atoms with E-state index in [2.05, 4.69) is 9.72 Å². The molecule has 0 aliphatic carbocycles. The first-order valence-electron chi connectivity index (χ1n) is 3.72. The van der Waals surface area contributed by atoms with Crippen molar-refractivity contribution in [3.8, 4) is 5.88 Å². The Labute approximate surface area is 82.3 Å². The van der Waals surface area contributed by atoms with Crippen LogP contribution in [0.15, 0.2) is 6.20 Å². The lowest BCUT2D eigenvalue weighted by molar-refractivity contribution is 0.0676. The first-order valence-corrected chi connectivity index (χ1v) is 3.72. The highest BCUT2D eigenvalue weighted by atomic mass is 19.3. The summed E-state index contributed by atoms with van der Waals surface area (Å²) in [6, 6.07) is 0. The third-order valence-corrected chi connectivity index (χ3v) is 1.66. The van der Waals surface area contributed by atoms with Gasteiger partial charge in [-0.15, -0.1) is 0 Å². The van der Waals surface area contributed by atoms with Crippen molar-refractivity contribution in [2.75, 3.05) is 7.11 Å². The zero-order chi connectivity index (χ0) is 11.6. The molecular formula is C8H6F3NO3. The van der Waals surface area contributed by atoms with Gasteiger partial charge in [0.15, 0.2) is 5.82 Å². The van der Waals surface area contributed by atoms with E-state index in [1.54, 1.807) is 0 Å². The number of hydrogen-bond acceptors (Lipinski definition) is 3. The number of aromatic carboxylic acids is 1. The van der Waals surface area contributed by atoms with Crippen molar-refractivity contribution in [2.45, 2.75) is 6.43 Å². The van der Waals surface area contributed by atoms with E-state index in [1.807, 2.05) is 0 Å². The third-order valence-electron chi connectivity index (χ3n) is 1.66. The maximum absolute atomic E-state index is 12.9. The Morgan fingerprint density at radius 3 is 2.60 bits per heavy atom. The number of carbonyl (C=O) groups is 1. The lowest BCUT2D eigenvalue weighted by atomic mass is 10.1. The second kappa shape index (κ2) is 4.16. The number of nitrogens with zero attached hydrogens (tertiary/aromatic N) is 1. The van der Waals surface area contributed by atoms with Crippen LogP contribution in [0.4, 0.5) is 13.2 Å². The molecule has 15 heavy (non-hydrogen) atoms. The highest BCUT2D eigenvalue weighted by Crippen LogP contribution is 2.31. The summed E-state index contributed by atoms with van der Waals surface area (Å²) in [6.07, 6.45) is -2.65. The molecule has 0 saturated carbocycles. The van der Waals surface area contributed by atoms with E-state index >= 15 is 0 Å². The third kappa shape index (κ3) is 2.00. The number of methoxy groups -OCH3 is 1. The average molecular weight is 221 g/mol. The molecule has 82 valence electrons. The molecule has 1 rings (SSSR count). The highest BCUT2D eigenvalue weighted by Gasteiger charge is 2.27. The van der Waals surface area contributed by atoms with Gasteiger partial charge in [0, 0.05) is 0 Å². The van der Waals surface area contributed by atoms with Gasteiger partial charge in [-0.25, -0.2) is 22.9 Å². The van der Waals surface area contributed by atoms with Gasteiger partial charge in [0.1, 0.15) is 5.56 Å². The molecule has 0 bridgehead atoms. The molecule has 1 heterocycles. The number of halogens is 3. The maximum atomic E-state index is 12.9. The molecule has 1 aromatic heterocycles. The van der Waals surface area contributed by atoms with Gasteiger partial charge in [0.2, 0.25) is 5.88 Å². The van der Waals surface area contributed by atoms with Crippen molar-refractivity contribution in [1.82, 2.24) is 4.98 Å². The van der Waals surface area contributed by atoms with Gasteiger partial charge in [0.25, 0.3) is 6.43 Å². The normalized spacial score (nSPS) is 10.5. The van der Waals surface area contributed by atoms with Crippen molar-refractivity contribution in [1.29, 1.82) is 0 Å². The van der Waals surface area contributed by atoms with Crippen LogP contribution in [0.5, 0.6) is 5.88 Å². The minimum Gasteiger partial charge on any atom is -0.481 e. The van der Waals surface area contributed by atoms with Crippen molar-refractivity contribution in [3.63, 3.8) is 0 Å². The van der Waals surface area contributed by atoms with Crippen LogP contribution in [-0.2, 0) is 0 Å². The molecule has 4 nitrogen and oxygen atoms in total. The molecule has 0 radical (unpaired) electrons. The monoisotopic (exact) mass is 221 g/mol. The molecule has 0 amide bonds. The van der Waals surface area contributed by atoms with E-state index in [0.29, 0.717) is 6.20 Å². The van der Waals surface area contributed by atoms with Gasteiger partial charge in [-0.3, -0.25) is 0 Å². The molecule has 0 spiro atoms. The fourth-order valence-corrected chi connectivity index (χ4v) is 1.07. The van der Waals surface area contributed by atoms with E-state index < -0.39 is 35.2 Å². The van der Waals surface area contributed by atoms with E-state index in [0.717, 1.165) is 7.11 Å². The minimum atomic E-state index is -3.17. The summed E-state index contributed by atoms with van der Waals surface area (Å²) in [5.41, 5.74) is -2.16. The van der Waals surface area contributed by atoms with E-state index in [-0.39, 0.29) is 0 Å². The van der Waals surface area contributed by atoms with E-state index in [4.69, 9.17) is 5.11 Å². The molecule has 0 aliphatic rings. The van der Waals surface area contributed by atoms with Crippen LogP contribution < -0.4 is 4.74 Å². The van der Waals surface area contributed by atoms with Gasteiger partial charge >= 0.3 is 5.97 Å². The number of hydrogen-bond donors (Lipinski definition) is 1. The zero-order valence-corrected chi connectivity index (χ0v) is 7.50. The van der Waals surface area contributed by atoms with E-state index in [9.17, 15) is 18.0 Å². The van der Waals surface area contributed by atoms with Crippen LogP contribution in [0.1, 0.15) is 22.3 Å². The topological polar surface area (TPSA) is 59.4 Å². The number of ether oxygens (including phenoxy) is 1. The molecule has 0 atom stereocenters. The second-order valence-electron chi connectivity index (χ2n) is 2.51. The lowest BCUT2D eigenvalue weighted by Gasteiger charge is -2.09. The maximum Gasteiger partial charge on any atom is 0.339 e. The molecule has 0 fully saturated rings. The summed E-state index contributed by atoms with van der Waals surface area (Å²) in [7, 11) is 1.04. The number of rotatable bonds is 3. The number of pyridine rings is 1. The Bertz CT molecular complexity index is 395. The predicted octanol–water partition coefficient (Wildman–Crippen LogP) is 1.87. The van der Waals surface area contributed by atoms with Gasteiger partial charge in [-0.1, -0.05) is 0 Å². The smallest absolute Gasteiger partial charge is 0.339 e. The quantitative estimate of drug-likeness (QED) is 0.846. The van der Waals surface area contributed by atoms with Crippen molar-refractivity contribution < 1.29 is 27.8 Å². The highest BCUT2D eigenvalue weighted by molar-refractivity contribution is 5.90. The zero-order valence-electron chi connectivity index (χ0n) is 7.50. The first kappa shape index (κ1) is 11.3. The second-order valence-corrected chi connectivity index (χ2v) is 2.51. The van der Waals surface area contributed by atoms with Crippen LogP contribution in [0.3, 0.4) is 0 Å². The van der Waals surface area contributed by atoms with Gasteiger partial charge in [-0.2, -0.15) is 0 Å². The summed E-state index contributed by atoms with van der Waals surface area (Å²) in [4.78, 5) is 13.8. The van der Waals surface area contributed by atoms with Crippen LogP contribution in [0.2, 0.25) is 0 Å². The van der Waals surface area contributed by atoms with Crippen LogP contribution in [-0.4, -0.2) is 23.2 Å². The van der Waals surface area contributed by atoms with Crippen molar-refractivity contribution in [3.05, 3.63) is 23.1 Å². The standard InChI is InChI=1S/C8H6F3NO3/c1-15-7-5(6(10)11)4(8(13)14)3(9)2-12-7/h2,6H,1H3,(H,13,14). The molecule has 1 aromatic rings. The summed E-state index contributed by atoms with van der Waals surface area (Å²) < 4.78 is 42.3. The number of carboxylic acid groups (broad SMARTS) is 1. The largest absolute Gasteiger partial charge is 0.481 e. The van der Waals surface area contributed by atoms with E-state index in [1.165, 1.54) is 0 Å². The molecule has 0 unspecified atom stereocenters. The fourth-order valence-electron chi connectivity index (χ4n) is 1.07. The Morgan fingerprint density at radius 1 is 1.60 bits per heavy atom. The number of carboxylic acids is 1.